The number of aromatic amines is 1. The van der Waals surface area contributed by atoms with Gasteiger partial charge in [-0.3, -0.25) is 9.69 Å². The molecule has 0 unspecified atom stereocenters. The van der Waals surface area contributed by atoms with Crippen LogP contribution >= 0.6 is 0 Å². The molecule has 0 spiro atoms. The van der Waals surface area contributed by atoms with Crippen LogP contribution in [0.3, 0.4) is 0 Å². The Morgan fingerprint density at radius 3 is 2.78 bits per heavy atom. The SMILES string of the molecule is CN(C(=O)OC(C)(C)C)[C@@H]1CCCN(CC(=O)c2ccc[nH]2)C1. The molecule has 6 heteroatoms. The van der Waals surface area contributed by atoms with Gasteiger partial charge in [-0.05, 0) is 52.3 Å². The maximum atomic E-state index is 12.2. The smallest absolute Gasteiger partial charge is 0.410 e. The molecule has 0 radical (unpaired) electrons. The highest BCUT2D eigenvalue weighted by atomic mass is 16.6. The Labute approximate surface area is 137 Å². The van der Waals surface area contributed by atoms with Crippen LogP contribution in [0, 0.1) is 0 Å². The van der Waals surface area contributed by atoms with Crippen LogP contribution in [0.25, 0.3) is 0 Å². The lowest BCUT2D eigenvalue weighted by Crippen LogP contribution is -2.50. The molecule has 1 atom stereocenters. The standard InChI is InChI=1S/C17H27N3O3/c1-17(2,3)23-16(22)19(4)13-7-6-10-20(11-13)12-15(21)14-8-5-9-18-14/h5,8-9,13,18H,6-7,10-12H2,1-4H3/t13-/m1/s1. The minimum atomic E-state index is -0.497. The van der Waals surface area contributed by atoms with Crippen molar-refractivity contribution in [2.75, 3.05) is 26.7 Å². The van der Waals surface area contributed by atoms with Gasteiger partial charge in [-0.1, -0.05) is 0 Å². The second-order valence-electron chi connectivity index (χ2n) is 7.13. The number of rotatable bonds is 4. The topological polar surface area (TPSA) is 65.6 Å². The molecular weight excluding hydrogens is 294 g/mol. The Morgan fingerprint density at radius 2 is 2.17 bits per heavy atom. The zero-order valence-corrected chi connectivity index (χ0v) is 14.5. The normalized spacial score (nSPS) is 19.4. The van der Waals surface area contributed by atoms with Crippen molar-refractivity contribution in [3.8, 4) is 0 Å². The third-order valence-corrected chi connectivity index (χ3v) is 3.98. The van der Waals surface area contributed by atoms with E-state index in [0.29, 0.717) is 18.8 Å². The van der Waals surface area contributed by atoms with E-state index in [9.17, 15) is 9.59 Å². The number of ketones is 1. The third-order valence-electron chi connectivity index (χ3n) is 3.98. The Balaban J connectivity index is 1.90. The van der Waals surface area contributed by atoms with Crippen molar-refractivity contribution >= 4 is 11.9 Å². The van der Waals surface area contributed by atoms with Crippen LogP contribution < -0.4 is 0 Å². The van der Waals surface area contributed by atoms with Gasteiger partial charge in [0.05, 0.1) is 12.2 Å². The molecule has 0 saturated carbocycles. The first-order valence-electron chi connectivity index (χ1n) is 8.11. The number of hydrogen-bond donors (Lipinski definition) is 1. The number of likely N-dealkylation sites (tertiary alicyclic amines) is 1. The van der Waals surface area contributed by atoms with Crippen LogP contribution in [0.5, 0.6) is 0 Å². The summed E-state index contributed by atoms with van der Waals surface area (Å²) in [5, 5.41) is 0. The van der Waals surface area contributed by atoms with Gasteiger partial charge in [0.25, 0.3) is 0 Å². The molecule has 6 nitrogen and oxygen atoms in total. The van der Waals surface area contributed by atoms with Gasteiger partial charge in [0, 0.05) is 25.8 Å². The van der Waals surface area contributed by atoms with Crippen LogP contribution in [0.4, 0.5) is 4.79 Å². The molecule has 1 amide bonds. The first-order chi connectivity index (χ1) is 10.8. The maximum absolute atomic E-state index is 12.2. The molecule has 1 aromatic heterocycles. The predicted molar refractivity (Wildman–Crippen MR) is 88.6 cm³/mol. The Bertz CT molecular complexity index is 534. The van der Waals surface area contributed by atoms with E-state index in [1.807, 2.05) is 26.8 Å². The van der Waals surface area contributed by atoms with Crippen LogP contribution in [-0.4, -0.2) is 65.0 Å². The summed E-state index contributed by atoms with van der Waals surface area (Å²) in [4.78, 5) is 31.1. The summed E-state index contributed by atoms with van der Waals surface area (Å²) in [6, 6.07) is 3.69. The number of likely N-dealkylation sites (N-methyl/N-ethyl adjacent to an activating group) is 1. The lowest BCUT2D eigenvalue weighted by molar-refractivity contribution is 0.0138. The zero-order chi connectivity index (χ0) is 17.0. The third kappa shape index (κ3) is 5.10. The zero-order valence-electron chi connectivity index (χ0n) is 14.5. The highest BCUT2D eigenvalue weighted by Gasteiger charge is 2.29. The minimum absolute atomic E-state index is 0.0787. The number of piperidine rings is 1. The van der Waals surface area contributed by atoms with Gasteiger partial charge in [-0.15, -0.1) is 0 Å². The van der Waals surface area contributed by atoms with Gasteiger partial charge in [-0.2, -0.15) is 0 Å². The van der Waals surface area contributed by atoms with Crippen LogP contribution in [0.15, 0.2) is 18.3 Å². The number of Topliss-reactive ketones (excluding diaryl/α,β-unsaturated/α-hetero) is 1. The van der Waals surface area contributed by atoms with Crippen molar-refractivity contribution in [3.63, 3.8) is 0 Å². The van der Waals surface area contributed by atoms with E-state index in [2.05, 4.69) is 9.88 Å². The van der Waals surface area contributed by atoms with Gasteiger partial charge in [0.15, 0.2) is 5.78 Å². The molecule has 23 heavy (non-hydrogen) atoms. The van der Waals surface area contributed by atoms with Crippen LogP contribution in [0.2, 0.25) is 0 Å². The summed E-state index contributed by atoms with van der Waals surface area (Å²) < 4.78 is 5.42. The fraction of sp³-hybridized carbons (Fsp3) is 0.647. The van der Waals surface area contributed by atoms with Crippen molar-refractivity contribution in [2.45, 2.75) is 45.3 Å². The van der Waals surface area contributed by atoms with Crippen molar-refractivity contribution in [1.82, 2.24) is 14.8 Å². The molecule has 1 saturated heterocycles. The first-order valence-corrected chi connectivity index (χ1v) is 8.11. The second-order valence-corrected chi connectivity index (χ2v) is 7.13. The molecule has 0 aromatic carbocycles. The number of amides is 1. The summed E-state index contributed by atoms with van der Waals surface area (Å²) in [5.41, 5.74) is 0.135. The molecule has 1 aliphatic rings. The summed E-state index contributed by atoms with van der Waals surface area (Å²) in [5.74, 6) is 0.0792. The number of nitrogens with zero attached hydrogens (tertiary/aromatic N) is 2. The first kappa shape index (κ1) is 17.5. The number of aromatic nitrogens is 1. The molecule has 1 aromatic rings. The number of nitrogens with one attached hydrogen (secondary N) is 1. The molecule has 2 rings (SSSR count). The highest BCUT2D eigenvalue weighted by Crippen LogP contribution is 2.18. The van der Waals surface area contributed by atoms with E-state index in [4.69, 9.17) is 4.74 Å². The summed E-state index contributed by atoms with van der Waals surface area (Å²) in [6.45, 7) is 7.54. The van der Waals surface area contributed by atoms with Crippen LogP contribution in [-0.2, 0) is 4.74 Å². The minimum Gasteiger partial charge on any atom is -0.444 e. The van der Waals surface area contributed by atoms with E-state index in [0.717, 1.165) is 19.4 Å². The Hall–Kier alpha value is -1.82. The quantitative estimate of drug-likeness (QED) is 0.866. The molecule has 0 bridgehead atoms. The molecule has 2 heterocycles. The second kappa shape index (κ2) is 7.17. The van der Waals surface area contributed by atoms with Crippen molar-refractivity contribution < 1.29 is 14.3 Å². The summed E-state index contributed by atoms with van der Waals surface area (Å²) in [7, 11) is 1.77. The Morgan fingerprint density at radius 1 is 1.43 bits per heavy atom. The fourth-order valence-corrected chi connectivity index (χ4v) is 2.77. The predicted octanol–water partition coefficient (Wildman–Crippen LogP) is 2.53. The number of carbonyl (C=O) groups is 2. The van der Waals surface area contributed by atoms with E-state index in [-0.39, 0.29) is 17.9 Å². The lowest BCUT2D eigenvalue weighted by Gasteiger charge is -2.37. The van der Waals surface area contributed by atoms with E-state index < -0.39 is 5.60 Å². The van der Waals surface area contributed by atoms with Gasteiger partial charge < -0.3 is 14.6 Å². The highest BCUT2D eigenvalue weighted by molar-refractivity contribution is 5.95. The van der Waals surface area contributed by atoms with Crippen molar-refractivity contribution in [3.05, 3.63) is 24.0 Å². The number of H-pyrrole nitrogens is 1. The molecule has 128 valence electrons. The van der Waals surface area contributed by atoms with Gasteiger partial charge in [0.1, 0.15) is 5.60 Å². The van der Waals surface area contributed by atoms with E-state index >= 15 is 0 Å². The monoisotopic (exact) mass is 321 g/mol. The van der Waals surface area contributed by atoms with E-state index in [1.54, 1.807) is 24.2 Å². The molecular formula is C17H27N3O3. The fourth-order valence-electron chi connectivity index (χ4n) is 2.77. The van der Waals surface area contributed by atoms with Gasteiger partial charge >= 0.3 is 6.09 Å². The summed E-state index contributed by atoms with van der Waals surface area (Å²) in [6.07, 6.45) is 3.35. The Kier molecular flexibility index (Phi) is 5.46. The number of hydrogen-bond acceptors (Lipinski definition) is 4. The van der Waals surface area contributed by atoms with Crippen molar-refractivity contribution in [1.29, 1.82) is 0 Å². The van der Waals surface area contributed by atoms with Gasteiger partial charge in [0.2, 0.25) is 0 Å². The average molecular weight is 321 g/mol. The molecule has 1 fully saturated rings. The molecule has 1 N–H and O–H groups in total. The molecule has 1 aliphatic heterocycles. The number of carbonyl (C=O) groups excluding carboxylic acids is 2. The number of ether oxygens (including phenoxy) is 1. The van der Waals surface area contributed by atoms with Gasteiger partial charge in [-0.25, -0.2) is 4.79 Å². The molecule has 0 aliphatic carbocycles. The van der Waals surface area contributed by atoms with E-state index in [1.165, 1.54) is 0 Å². The van der Waals surface area contributed by atoms with Crippen LogP contribution in [0.1, 0.15) is 44.1 Å². The maximum Gasteiger partial charge on any atom is 0.410 e. The van der Waals surface area contributed by atoms with Crippen molar-refractivity contribution in [2.24, 2.45) is 0 Å². The average Bonchev–Trinajstić information content (AvgIpc) is 2.99. The lowest BCUT2D eigenvalue weighted by atomic mass is 10.0. The largest absolute Gasteiger partial charge is 0.444 e. The summed E-state index contributed by atoms with van der Waals surface area (Å²) >= 11 is 0.